The summed E-state index contributed by atoms with van der Waals surface area (Å²) < 4.78 is 13.7. The van der Waals surface area contributed by atoms with Gasteiger partial charge in [-0.25, -0.2) is 4.98 Å². The molecular formula is C21H24N2O2. The Morgan fingerprint density at radius 1 is 1.04 bits per heavy atom. The molecule has 4 nitrogen and oxygen atoms in total. The van der Waals surface area contributed by atoms with Crippen molar-refractivity contribution in [1.82, 2.24) is 9.55 Å². The predicted molar refractivity (Wildman–Crippen MR) is 99.1 cm³/mol. The van der Waals surface area contributed by atoms with E-state index in [0.29, 0.717) is 0 Å². The second-order valence-electron chi connectivity index (χ2n) is 6.17. The van der Waals surface area contributed by atoms with E-state index in [9.17, 15) is 0 Å². The van der Waals surface area contributed by atoms with Gasteiger partial charge in [0.1, 0.15) is 6.10 Å². The van der Waals surface area contributed by atoms with Gasteiger partial charge in [0.15, 0.2) is 11.5 Å². The minimum Gasteiger partial charge on any atom is -0.493 e. The first kappa shape index (κ1) is 17.1. The number of hydrogen-bond acceptors (Lipinski definition) is 3. The highest BCUT2D eigenvalue weighted by molar-refractivity contribution is 5.39. The molecular weight excluding hydrogens is 312 g/mol. The topological polar surface area (TPSA) is 36.3 Å². The number of rotatable bonds is 8. The summed E-state index contributed by atoms with van der Waals surface area (Å²) in [5.74, 6) is 1.53. The molecule has 0 saturated heterocycles. The van der Waals surface area contributed by atoms with E-state index < -0.39 is 0 Å². The molecule has 0 fully saturated rings. The summed E-state index contributed by atoms with van der Waals surface area (Å²) in [6, 6.07) is 16.5. The minimum atomic E-state index is 0.0341. The summed E-state index contributed by atoms with van der Waals surface area (Å²) in [6.07, 6.45) is 7.50. The van der Waals surface area contributed by atoms with Gasteiger partial charge in [-0.3, -0.25) is 0 Å². The number of para-hydroxylation sites is 2. The molecule has 0 aliphatic heterocycles. The zero-order valence-electron chi connectivity index (χ0n) is 14.8. The quantitative estimate of drug-likeness (QED) is 0.616. The lowest BCUT2D eigenvalue weighted by Crippen LogP contribution is -2.23. The van der Waals surface area contributed by atoms with E-state index in [4.69, 9.17) is 9.47 Å². The molecule has 3 aromatic rings. The average molecular weight is 336 g/mol. The van der Waals surface area contributed by atoms with Crippen molar-refractivity contribution >= 4 is 0 Å². The van der Waals surface area contributed by atoms with Crippen molar-refractivity contribution in [2.24, 2.45) is 0 Å². The average Bonchev–Trinajstić information content (AvgIpc) is 3.14. The molecule has 0 bridgehead atoms. The van der Waals surface area contributed by atoms with Crippen molar-refractivity contribution in [2.45, 2.75) is 32.4 Å². The summed E-state index contributed by atoms with van der Waals surface area (Å²) in [6.45, 7) is 2.86. The second kappa shape index (κ2) is 8.38. The zero-order valence-corrected chi connectivity index (χ0v) is 14.8. The Hall–Kier alpha value is -2.75. The fraction of sp³-hybridized carbons (Fsp3) is 0.286. The van der Waals surface area contributed by atoms with Crippen molar-refractivity contribution in [3.63, 3.8) is 0 Å². The molecule has 0 spiro atoms. The third-order valence-electron chi connectivity index (χ3n) is 4.21. The summed E-state index contributed by atoms with van der Waals surface area (Å²) in [4.78, 5) is 4.13. The third-order valence-corrected chi connectivity index (χ3v) is 4.21. The highest BCUT2D eigenvalue weighted by Crippen LogP contribution is 2.28. The predicted octanol–water partition coefficient (Wildman–Crippen LogP) is 4.28. The van der Waals surface area contributed by atoms with Crippen LogP contribution in [0.4, 0.5) is 0 Å². The summed E-state index contributed by atoms with van der Waals surface area (Å²) >= 11 is 0. The molecule has 130 valence electrons. The van der Waals surface area contributed by atoms with Gasteiger partial charge in [0.05, 0.1) is 20.0 Å². The fourth-order valence-corrected chi connectivity index (χ4v) is 2.80. The molecule has 0 N–H and O–H groups in total. The summed E-state index contributed by atoms with van der Waals surface area (Å²) in [7, 11) is 1.67. The molecule has 0 radical (unpaired) electrons. The van der Waals surface area contributed by atoms with Crippen LogP contribution in [-0.4, -0.2) is 22.8 Å². The van der Waals surface area contributed by atoms with Gasteiger partial charge >= 0.3 is 0 Å². The number of hydrogen-bond donors (Lipinski definition) is 0. The van der Waals surface area contributed by atoms with Crippen LogP contribution in [0.15, 0.2) is 67.3 Å². The van der Waals surface area contributed by atoms with E-state index in [2.05, 4.69) is 40.7 Å². The van der Waals surface area contributed by atoms with Crippen molar-refractivity contribution < 1.29 is 9.47 Å². The van der Waals surface area contributed by atoms with Crippen LogP contribution in [0.2, 0.25) is 0 Å². The van der Waals surface area contributed by atoms with Crippen LogP contribution in [0.3, 0.4) is 0 Å². The van der Waals surface area contributed by atoms with E-state index in [1.54, 1.807) is 13.3 Å². The van der Waals surface area contributed by atoms with Gasteiger partial charge in [-0.1, -0.05) is 42.0 Å². The molecule has 0 saturated carbocycles. The standard InChI is InChI=1S/C21H24N2O2/c1-17-7-9-18(10-8-17)11-12-19(15-23-14-13-22-16-23)25-21-6-4-3-5-20(21)24-2/h3-10,13-14,16,19H,11-12,15H2,1-2H3. The van der Waals surface area contributed by atoms with Crippen LogP contribution in [-0.2, 0) is 13.0 Å². The van der Waals surface area contributed by atoms with Crippen LogP contribution >= 0.6 is 0 Å². The van der Waals surface area contributed by atoms with E-state index in [1.165, 1.54) is 11.1 Å². The normalized spacial score (nSPS) is 11.9. The van der Waals surface area contributed by atoms with Crippen LogP contribution < -0.4 is 9.47 Å². The molecule has 3 rings (SSSR count). The van der Waals surface area contributed by atoms with E-state index in [0.717, 1.165) is 30.9 Å². The molecule has 4 heteroatoms. The number of ether oxygens (including phenoxy) is 2. The maximum atomic E-state index is 6.28. The van der Waals surface area contributed by atoms with E-state index in [-0.39, 0.29) is 6.10 Å². The van der Waals surface area contributed by atoms with E-state index >= 15 is 0 Å². The molecule has 2 aromatic carbocycles. The van der Waals surface area contributed by atoms with Crippen LogP contribution in [0.25, 0.3) is 0 Å². The number of aryl methyl sites for hydroxylation is 2. The first-order valence-corrected chi connectivity index (χ1v) is 8.55. The highest BCUT2D eigenvalue weighted by atomic mass is 16.5. The SMILES string of the molecule is COc1ccccc1OC(CCc1ccc(C)cc1)Cn1ccnc1. The molecule has 0 aliphatic carbocycles. The third kappa shape index (κ3) is 4.86. The molecule has 1 unspecified atom stereocenters. The van der Waals surface area contributed by atoms with Gasteiger partial charge in [-0.05, 0) is 37.5 Å². The maximum Gasteiger partial charge on any atom is 0.161 e. The highest BCUT2D eigenvalue weighted by Gasteiger charge is 2.14. The smallest absolute Gasteiger partial charge is 0.161 e. The first-order valence-electron chi connectivity index (χ1n) is 8.55. The van der Waals surface area contributed by atoms with Crippen LogP contribution in [0.1, 0.15) is 17.5 Å². The van der Waals surface area contributed by atoms with Gasteiger partial charge < -0.3 is 14.0 Å². The first-order chi connectivity index (χ1) is 12.2. The Kier molecular flexibility index (Phi) is 5.73. The molecule has 1 aromatic heterocycles. The molecule has 1 heterocycles. The number of nitrogens with zero attached hydrogens (tertiary/aromatic N) is 2. The summed E-state index contributed by atoms with van der Waals surface area (Å²) in [5.41, 5.74) is 2.61. The lowest BCUT2D eigenvalue weighted by atomic mass is 10.1. The Labute approximate surface area is 149 Å². The molecule has 25 heavy (non-hydrogen) atoms. The minimum absolute atomic E-state index is 0.0341. The Bertz CT molecular complexity index is 767. The van der Waals surface area contributed by atoms with Gasteiger partial charge in [0, 0.05) is 12.4 Å². The van der Waals surface area contributed by atoms with Gasteiger partial charge in [0.2, 0.25) is 0 Å². The molecule has 0 amide bonds. The Morgan fingerprint density at radius 3 is 2.48 bits per heavy atom. The Balaban J connectivity index is 1.71. The van der Waals surface area contributed by atoms with Crippen molar-refractivity contribution in [2.75, 3.05) is 7.11 Å². The lowest BCUT2D eigenvalue weighted by Gasteiger charge is -2.21. The van der Waals surface area contributed by atoms with Crippen molar-refractivity contribution in [3.05, 3.63) is 78.4 Å². The fourth-order valence-electron chi connectivity index (χ4n) is 2.80. The summed E-state index contributed by atoms with van der Waals surface area (Å²) in [5, 5.41) is 0. The number of methoxy groups -OCH3 is 1. The Morgan fingerprint density at radius 2 is 1.80 bits per heavy atom. The largest absolute Gasteiger partial charge is 0.493 e. The van der Waals surface area contributed by atoms with Crippen molar-refractivity contribution in [3.8, 4) is 11.5 Å². The zero-order chi connectivity index (χ0) is 17.5. The lowest BCUT2D eigenvalue weighted by molar-refractivity contribution is 0.164. The van der Waals surface area contributed by atoms with Gasteiger partial charge in [-0.15, -0.1) is 0 Å². The molecule has 0 aliphatic rings. The number of aromatic nitrogens is 2. The van der Waals surface area contributed by atoms with Crippen molar-refractivity contribution in [1.29, 1.82) is 0 Å². The maximum absolute atomic E-state index is 6.28. The van der Waals surface area contributed by atoms with E-state index in [1.807, 2.05) is 36.8 Å². The number of benzene rings is 2. The monoisotopic (exact) mass is 336 g/mol. The van der Waals surface area contributed by atoms with Gasteiger partial charge in [-0.2, -0.15) is 0 Å². The number of imidazole rings is 1. The molecule has 1 atom stereocenters. The second-order valence-corrected chi connectivity index (χ2v) is 6.17. The van der Waals surface area contributed by atoms with Gasteiger partial charge in [0.25, 0.3) is 0 Å². The van der Waals surface area contributed by atoms with Crippen LogP contribution in [0, 0.1) is 6.92 Å². The van der Waals surface area contributed by atoms with Crippen LogP contribution in [0.5, 0.6) is 11.5 Å².